The predicted molar refractivity (Wildman–Crippen MR) is 93.7 cm³/mol. The Balaban J connectivity index is 1.86. The number of nitrogens with one attached hydrogen (secondary N) is 2. The van der Waals surface area contributed by atoms with E-state index in [0.717, 1.165) is 6.07 Å². The van der Waals surface area contributed by atoms with Crippen LogP contribution < -0.4 is 10.6 Å². The van der Waals surface area contributed by atoms with E-state index in [2.05, 4.69) is 10.6 Å². The molecule has 2 rings (SSSR count). The van der Waals surface area contributed by atoms with E-state index in [4.69, 9.17) is 23.2 Å². The zero-order valence-electron chi connectivity index (χ0n) is 12.8. The standard InChI is InChI=1S/C16H13Cl2N3O4/c17-12-5-4-11(14(18)7-12)8-19-15(22)9-20-16(23)10-2-1-3-13(6-10)21(24)25/h1-7H,8-9H2,(H,19,22)(H,20,23). The zero-order chi connectivity index (χ0) is 18.4. The summed E-state index contributed by atoms with van der Waals surface area (Å²) < 4.78 is 0. The summed E-state index contributed by atoms with van der Waals surface area (Å²) in [4.78, 5) is 33.8. The number of carbonyl (C=O) groups is 2. The normalized spacial score (nSPS) is 10.2. The number of nitro groups is 1. The third-order valence-corrected chi connectivity index (χ3v) is 3.81. The summed E-state index contributed by atoms with van der Waals surface area (Å²) in [7, 11) is 0. The molecule has 0 unspecified atom stereocenters. The van der Waals surface area contributed by atoms with Gasteiger partial charge in [-0.25, -0.2) is 0 Å². The van der Waals surface area contributed by atoms with Crippen molar-refractivity contribution in [3.63, 3.8) is 0 Å². The Bertz CT molecular complexity index is 827. The molecular weight excluding hydrogens is 369 g/mol. The van der Waals surface area contributed by atoms with Gasteiger partial charge in [-0.2, -0.15) is 0 Å². The second-order valence-corrected chi connectivity index (χ2v) is 5.85. The Labute approximate surface area is 153 Å². The van der Waals surface area contributed by atoms with E-state index in [0.29, 0.717) is 15.6 Å². The highest BCUT2D eigenvalue weighted by Gasteiger charge is 2.12. The first kappa shape index (κ1) is 18.7. The minimum atomic E-state index is -0.598. The molecule has 130 valence electrons. The summed E-state index contributed by atoms with van der Waals surface area (Å²) in [5.74, 6) is -1.01. The van der Waals surface area contributed by atoms with E-state index in [-0.39, 0.29) is 24.3 Å². The lowest BCUT2D eigenvalue weighted by Gasteiger charge is -2.08. The largest absolute Gasteiger partial charge is 0.350 e. The van der Waals surface area contributed by atoms with Crippen molar-refractivity contribution in [2.75, 3.05) is 6.54 Å². The van der Waals surface area contributed by atoms with Gasteiger partial charge in [-0.1, -0.05) is 35.3 Å². The molecule has 0 fully saturated rings. The summed E-state index contributed by atoms with van der Waals surface area (Å²) in [6.45, 7) is -0.0890. The van der Waals surface area contributed by atoms with Gasteiger partial charge in [0, 0.05) is 34.3 Å². The molecule has 0 spiro atoms. The van der Waals surface area contributed by atoms with Crippen LogP contribution >= 0.6 is 23.2 Å². The van der Waals surface area contributed by atoms with Gasteiger partial charge in [-0.15, -0.1) is 0 Å². The highest BCUT2D eigenvalue weighted by Crippen LogP contribution is 2.20. The first-order valence-electron chi connectivity index (χ1n) is 7.10. The third kappa shape index (κ3) is 5.44. The van der Waals surface area contributed by atoms with E-state index < -0.39 is 16.7 Å². The molecule has 0 saturated heterocycles. The number of hydrogen-bond acceptors (Lipinski definition) is 4. The number of halogens is 2. The number of benzene rings is 2. The Morgan fingerprint density at radius 1 is 1.08 bits per heavy atom. The molecule has 7 nitrogen and oxygen atoms in total. The van der Waals surface area contributed by atoms with E-state index in [9.17, 15) is 19.7 Å². The van der Waals surface area contributed by atoms with E-state index in [1.54, 1.807) is 18.2 Å². The van der Waals surface area contributed by atoms with Crippen molar-refractivity contribution in [3.8, 4) is 0 Å². The van der Waals surface area contributed by atoms with Crippen molar-refractivity contribution in [1.82, 2.24) is 10.6 Å². The van der Waals surface area contributed by atoms with Crippen molar-refractivity contribution in [2.45, 2.75) is 6.54 Å². The summed E-state index contributed by atoms with van der Waals surface area (Å²) in [6.07, 6.45) is 0. The molecule has 2 amide bonds. The number of rotatable bonds is 6. The SMILES string of the molecule is O=C(CNC(=O)c1cccc([N+](=O)[O-])c1)NCc1ccc(Cl)cc1Cl. The van der Waals surface area contributed by atoms with Crippen LogP contribution in [-0.4, -0.2) is 23.3 Å². The van der Waals surface area contributed by atoms with Crippen LogP contribution in [0.5, 0.6) is 0 Å². The quantitative estimate of drug-likeness (QED) is 0.593. The molecule has 0 aliphatic carbocycles. The monoisotopic (exact) mass is 381 g/mol. The fraction of sp³-hybridized carbons (Fsp3) is 0.125. The van der Waals surface area contributed by atoms with Crippen LogP contribution in [0, 0.1) is 10.1 Å². The molecule has 0 aromatic heterocycles. The molecule has 0 saturated carbocycles. The topological polar surface area (TPSA) is 101 Å². The average Bonchev–Trinajstić information content (AvgIpc) is 2.59. The second-order valence-electron chi connectivity index (χ2n) is 5.00. The predicted octanol–water partition coefficient (Wildman–Crippen LogP) is 2.95. The van der Waals surface area contributed by atoms with Crippen LogP contribution in [0.1, 0.15) is 15.9 Å². The number of nitro benzene ring substituents is 1. The Kier molecular flexibility index (Phi) is 6.32. The molecule has 0 atom stereocenters. The maximum absolute atomic E-state index is 11.9. The van der Waals surface area contributed by atoms with Crippen LogP contribution in [0.4, 0.5) is 5.69 Å². The highest BCUT2D eigenvalue weighted by molar-refractivity contribution is 6.35. The van der Waals surface area contributed by atoms with Gasteiger partial charge in [0.25, 0.3) is 11.6 Å². The molecule has 9 heteroatoms. The molecule has 0 aliphatic heterocycles. The highest BCUT2D eigenvalue weighted by atomic mass is 35.5. The van der Waals surface area contributed by atoms with Gasteiger partial charge in [0.1, 0.15) is 0 Å². The first-order chi connectivity index (χ1) is 11.9. The smallest absolute Gasteiger partial charge is 0.270 e. The Hall–Kier alpha value is -2.64. The summed E-state index contributed by atoms with van der Waals surface area (Å²) in [6, 6.07) is 10.1. The molecule has 0 radical (unpaired) electrons. The summed E-state index contributed by atoms with van der Waals surface area (Å²) in [5.41, 5.74) is 0.585. The molecule has 2 aromatic rings. The van der Waals surface area contributed by atoms with Gasteiger partial charge in [-0.05, 0) is 23.8 Å². The second kappa shape index (κ2) is 8.46. The minimum absolute atomic E-state index is 0.0998. The fourth-order valence-electron chi connectivity index (χ4n) is 1.94. The maximum atomic E-state index is 11.9. The lowest BCUT2D eigenvalue weighted by Crippen LogP contribution is -2.36. The van der Waals surface area contributed by atoms with Gasteiger partial charge in [0.2, 0.25) is 5.91 Å². The van der Waals surface area contributed by atoms with E-state index >= 15 is 0 Å². The minimum Gasteiger partial charge on any atom is -0.350 e. The van der Waals surface area contributed by atoms with E-state index in [1.807, 2.05) is 0 Å². The molecule has 0 aliphatic rings. The number of hydrogen-bond donors (Lipinski definition) is 2. The van der Waals surface area contributed by atoms with Crippen molar-refractivity contribution in [1.29, 1.82) is 0 Å². The first-order valence-corrected chi connectivity index (χ1v) is 7.85. The molecule has 2 N–H and O–H groups in total. The van der Waals surface area contributed by atoms with Crippen LogP contribution in [0.3, 0.4) is 0 Å². The summed E-state index contributed by atoms with van der Waals surface area (Å²) >= 11 is 11.8. The lowest BCUT2D eigenvalue weighted by atomic mass is 10.2. The lowest BCUT2D eigenvalue weighted by molar-refractivity contribution is -0.384. The number of carbonyl (C=O) groups excluding carboxylic acids is 2. The van der Waals surface area contributed by atoms with Crippen LogP contribution in [0.25, 0.3) is 0 Å². The van der Waals surface area contributed by atoms with Gasteiger partial charge in [-0.3, -0.25) is 19.7 Å². The van der Waals surface area contributed by atoms with Gasteiger partial charge in [0.05, 0.1) is 11.5 Å². The molecule has 25 heavy (non-hydrogen) atoms. The van der Waals surface area contributed by atoms with Gasteiger partial charge < -0.3 is 10.6 Å². The van der Waals surface area contributed by atoms with E-state index in [1.165, 1.54) is 18.2 Å². The van der Waals surface area contributed by atoms with Crippen LogP contribution in [0.2, 0.25) is 10.0 Å². The zero-order valence-corrected chi connectivity index (χ0v) is 14.3. The number of non-ortho nitro benzene ring substituents is 1. The average molecular weight is 382 g/mol. The van der Waals surface area contributed by atoms with Crippen molar-refractivity contribution in [2.24, 2.45) is 0 Å². The Morgan fingerprint density at radius 3 is 2.52 bits per heavy atom. The van der Waals surface area contributed by atoms with Gasteiger partial charge >= 0.3 is 0 Å². The molecule has 0 heterocycles. The third-order valence-electron chi connectivity index (χ3n) is 3.22. The van der Waals surface area contributed by atoms with Crippen LogP contribution in [0.15, 0.2) is 42.5 Å². The number of amides is 2. The van der Waals surface area contributed by atoms with Gasteiger partial charge in [0.15, 0.2) is 0 Å². The molecular formula is C16H13Cl2N3O4. The summed E-state index contributed by atoms with van der Waals surface area (Å²) in [5, 5.41) is 16.6. The van der Waals surface area contributed by atoms with Crippen molar-refractivity contribution >= 4 is 40.7 Å². The van der Waals surface area contributed by atoms with Crippen molar-refractivity contribution in [3.05, 3.63) is 73.8 Å². The van der Waals surface area contributed by atoms with Crippen LogP contribution in [-0.2, 0) is 11.3 Å². The number of nitrogens with zero attached hydrogens (tertiary/aromatic N) is 1. The van der Waals surface area contributed by atoms with Crippen molar-refractivity contribution < 1.29 is 14.5 Å². The molecule has 0 bridgehead atoms. The Morgan fingerprint density at radius 2 is 1.84 bits per heavy atom. The maximum Gasteiger partial charge on any atom is 0.270 e. The fourth-order valence-corrected chi connectivity index (χ4v) is 2.42. The molecule has 2 aromatic carbocycles.